The van der Waals surface area contributed by atoms with Crippen LogP contribution in [-0.4, -0.2) is 11.7 Å². The lowest BCUT2D eigenvalue weighted by Crippen LogP contribution is -1.89. The first-order valence-electron chi connectivity index (χ1n) is 3.41. The molecule has 1 heteroatoms. The highest BCUT2D eigenvalue weighted by Gasteiger charge is 2.20. The number of allylic oxidation sites excluding steroid dienone is 2. The summed E-state index contributed by atoms with van der Waals surface area (Å²) in [5, 5.41) is 8.79. The minimum atomic E-state index is 0.249. The predicted molar refractivity (Wildman–Crippen MR) is 36.0 cm³/mol. The molecule has 48 valence electrons. The molecule has 0 aliphatic heterocycles. The quantitative estimate of drug-likeness (QED) is 0.557. The zero-order chi connectivity index (χ0) is 6.27. The molecule has 0 aromatic rings. The second-order valence-corrected chi connectivity index (χ2v) is 2.77. The third-order valence-electron chi connectivity index (χ3n) is 2.19. The van der Waals surface area contributed by atoms with Gasteiger partial charge in [-0.15, -0.1) is 0 Å². The van der Waals surface area contributed by atoms with Crippen LogP contribution in [0.4, 0.5) is 0 Å². The molecule has 0 radical (unpaired) electrons. The van der Waals surface area contributed by atoms with Gasteiger partial charge in [-0.05, 0) is 24.8 Å². The minimum absolute atomic E-state index is 0.249. The Morgan fingerprint density at radius 2 is 2.33 bits per heavy atom. The summed E-state index contributed by atoms with van der Waals surface area (Å²) in [6, 6.07) is 0. The molecule has 0 aromatic carbocycles. The van der Waals surface area contributed by atoms with Gasteiger partial charge in [-0.2, -0.15) is 0 Å². The van der Waals surface area contributed by atoms with Crippen LogP contribution in [0.5, 0.6) is 0 Å². The lowest BCUT2D eigenvalue weighted by molar-refractivity contribution is 0.333. The van der Waals surface area contributed by atoms with E-state index in [0.29, 0.717) is 0 Å². The molecule has 1 nitrogen and oxygen atoms in total. The van der Waals surface area contributed by atoms with E-state index >= 15 is 0 Å². The van der Waals surface area contributed by atoms with E-state index in [4.69, 9.17) is 5.11 Å². The van der Waals surface area contributed by atoms with Gasteiger partial charge in [0.15, 0.2) is 0 Å². The van der Waals surface area contributed by atoms with Gasteiger partial charge in [-0.3, -0.25) is 0 Å². The molecular formula is C8H10O. The number of fused-ring (bicyclic) bond motifs is 2. The van der Waals surface area contributed by atoms with Crippen LogP contribution in [0.15, 0.2) is 22.8 Å². The van der Waals surface area contributed by atoms with E-state index in [1.807, 2.05) is 0 Å². The van der Waals surface area contributed by atoms with Crippen molar-refractivity contribution in [3.05, 3.63) is 22.8 Å². The molecule has 0 saturated heterocycles. The molecule has 2 aliphatic rings. The summed E-state index contributed by atoms with van der Waals surface area (Å²) in [6.45, 7) is 0.249. The Morgan fingerprint density at radius 3 is 2.67 bits per heavy atom. The summed E-state index contributed by atoms with van der Waals surface area (Å²) in [7, 11) is 0. The van der Waals surface area contributed by atoms with Gasteiger partial charge in [-0.1, -0.05) is 17.2 Å². The van der Waals surface area contributed by atoms with Crippen molar-refractivity contribution >= 4 is 0 Å². The second-order valence-electron chi connectivity index (χ2n) is 2.77. The summed E-state index contributed by atoms with van der Waals surface area (Å²) >= 11 is 0. The molecule has 2 rings (SSSR count). The SMILES string of the molecule is OCC1=C2CCC(=C1)C2. The standard InChI is InChI=1S/C8H10O/c9-5-8-4-6-1-2-7(8)3-6/h4,9H,1-3,5H2. The van der Waals surface area contributed by atoms with Gasteiger partial charge in [0.2, 0.25) is 0 Å². The third kappa shape index (κ3) is 0.648. The Hall–Kier alpha value is -0.560. The maximum Gasteiger partial charge on any atom is 0.0681 e. The van der Waals surface area contributed by atoms with Crippen molar-refractivity contribution in [3.8, 4) is 0 Å². The average Bonchev–Trinajstić information content (AvgIpc) is 2.45. The number of hydrogen-bond donors (Lipinski definition) is 1. The van der Waals surface area contributed by atoms with Gasteiger partial charge < -0.3 is 5.11 Å². The Bertz CT molecular complexity index is 199. The molecule has 1 N–H and O–H groups in total. The highest BCUT2D eigenvalue weighted by Crippen LogP contribution is 2.38. The van der Waals surface area contributed by atoms with Crippen LogP contribution in [0.3, 0.4) is 0 Å². The van der Waals surface area contributed by atoms with E-state index in [1.54, 1.807) is 0 Å². The van der Waals surface area contributed by atoms with Crippen LogP contribution < -0.4 is 0 Å². The zero-order valence-corrected chi connectivity index (χ0v) is 5.35. The number of aliphatic hydroxyl groups excluding tert-OH is 1. The van der Waals surface area contributed by atoms with Crippen LogP contribution in [0.1, 0.15) is 19.3 Å². The molecule has 0 atom stereocenters. The van der Waals surface area contributed by atoms with Crippen LogP contribution in [0, 0.1) is 0 Å². The maximum absolute atomic E-state index is 8.79. The largest absolute Gasteiger partial charge is 0.392 e. The second kappa shape index (κ2) is 1.71. The number of aliphatic hydroxyl groups is 1. The normalized spacial score (nSPS) is 23.4. The smallest absolute Gasteiger partial charge is 0.0681 e. The van der Waals surface area contributed by atoms with Gasteiger partial charge >= 0.3 is 0 Å². The molecule has 9 heavy (non-hydrogen) atoms. The molecule has 1 saturated carbocycles. The van der Waals surface area contributed by atoms with E-state index in [0.717, 1.165) is 6.42 Å². The first kappa shape index (κ1) is 5.24. The Labute approximate surface area is 54.7 Å². The Morgan fingerprint density at radius 1 is 1.44 bits per heavy atom. The van der Waals surface area contributed by atoms with E-state index in [1.165, 1.54) is 29.6 Å². The molecule has 0 amide bonds. The topological polar surface area (TPSA) is 20.2 Å². The van der Waals surface area contributed by atoms with Gasteiger partial charge in [0, 0.05) is 0 Å². The highest BCUT2D eigenvalue weighted by atomic mass is 16.3. The molecule has 0 spiro atoms. The van der Waals surface area contributed by atoms with E-state index in [2.05, 4.69) is 6.08 Å². The van der Waals surface area contributed by atoms with Gasteiger partial charge in [-0.25, -0.2) is 0 Å². The average molecular weight is 122 g/mol. The number of hydrogen-bond acceptors (Lipinski definition) is 1. The molecule has 2 aliphatic carbocycles. The summed E-state index contributed by atoms with van der Waals surface area (Å²) < 4.78 is 0. The molecule has 0 heterocycles. The highest BCUT2D eigenvalue weighted by molar-refractivity contribution is 5.44. The van der Waals surface area contributed by atoms with Crippen molar-refractivity contribution < 1.29 is 5.11 Å². The van der Waals surface area contributed by atoms with Gasteiger partial charge in [0.25, 0.3) is 0 Å². The fourth-order valence-corrected chi connectivity index (χ4v) is 1.67. The van der Waals surface area contributed by atoms with Crippen molar-refractivity contribution in [2.75, 3.05) is 6.61 Å². The summed E-state index contributed by atoms with van der Waals surface area (Å²) in [5.41, 5.74) is 4.19. The van der Waals surface area contributed by atoms with E-state index in [9.17, 15) is 0 Å². The molecule has 0 unspecified atom stereocenters. The first-order valence-corrected chi connectivity index (χ1v) is 3.41. The van der Waals surface area contributed by atoms with Crippen molar-refractivity contribution in [1.29, 1.82) is 0 Å². The molecule has 0 aromatic heterocycles. The van der Waals surface area contributed by atoms with E-state index in [-0.39, 0.29) is 6.61 Å². The monoisotopic (exact) mass is 122 g/mol. The minimum Gasteiger partial charge on any atom is -0.392 e. The van der Waals surface area contributed by atoms with Crippen molar-refractivity contribution in [2.45, 2.75) is 19.3 Å². The predicted octanol–water partition coefficient (Wildman–Crippen LogP) is 1.40. The summed E-state index contributed by atoms with van der Waals surface area (Å²) in [5.74, 6) is 0. The molecular weight excluding hydrogens is 112 g/mol. The van der Waals surface area contributed by atoms with Gasteiger partial charge in [0.05, 0.1) is 6.61 Å². The van der Waals surface area contributed by atoms with E-state index < -0.39 is 0 Å². The lowest BCUT2D eigenvalue weighted by atomic mass is 10.1. The first-order chi connectivity index (χ1) is 4.40. The lowest BCUT2D eigenvalue weighted by Gasteiger charge is -2.00. The van der Waals surface area contributed by atoms with Gasteiger partial charge in [0.1, 0.15) is 0 Å². The van der Waals surface area contributed by atoms with Crippen molar-refractivity contribution in [2.24, 2.45) is 0 Å². The summed E-state index contributed by atoms with van der Waals surface area (Å²) in [6.07, 6.45) is 5.77. The van der Waals surface area contributed by atoms with Crippen molar-refractivity contribution in [3.63, 3.8) is 0 Å². The van der Waals surface area contributed by atoms with Crippen LogP contribution in [0.2, 0.25) is 0 Å². The Kier molecular flexibility index (Phi) is 0.995. The molecule has 2 bridgehead atoms. The van der Waals surface area contributed by atoms with Crippen LogP contribution >= 0.6 is 0 Å². The fraction of sp³-hybridized carbons (Fsp3) is 0.500. The number of rotatable bonds is 1. The third-order valence-corrected chi connectivity index (χ3v) is 2.19. The Balaban J connectivity index is 2.33. The molecule has 1 fully saturated rings. The van der Waals surface area contributed by atoms with Crippen LogP contribution in [-0.2, 0) is 0 Å². The van der Waals surface area contributed by atoms with Crippen LogP contribution in [0.25, 0.3) is 0 Å². The van der Waals surface area contributed by atoms with Crippen molar-refractivity contribution in [1.82, 2.24) is 0 Å². The maximum atomic E-state index is 8.79. The fourth-order valence-electron chi connectivity index (χ4n) is 1.67. The summed E-state index contributed by atoms with van der Waals surface area (Å²) in [4.78, 5) is 0. The zero-order valence-electron chi connectivity index (χ0n) is 5.35.